The van der Waals surface area contributed by atoms with E-state index in [4.69, 9.17) is 0 Å². The molecule has 10 heteroatoms. The molecule has 0 aliphatic carbocycles. The smallest absolute Gasteiger partial charge is 0.269 e. The molecule has 0 saturated carbocycles. The number of halogens is 1. The molecular weight excluding hydrogens is 451 g/mol. The van der Waals surface area contributed by atoms with Gasteiger partial charge in [0.05, 0.1) is 21.2 Å². The van der Waals surface area contributed by atoms with E-state index in [1.807, 2.05) is 13.0 Å². The summed E-state index contributed by atoms with van der Waals surface area (Å²) in [4.78, 5) is 28.0. The lowest BCUT2D eigenvalue weighted by atomic mass is 10.1. The zero-order chi connectivity index (χ0) is 22.7. The second-order valence-electron chi connectivity index (χ2n) is 6.71. The Kier molecular flexibility index (Phi) is 6.33. The van der Waals surface area contributed by atoms with Crippen LogP contribution in [-0.2, 0) is 0 Å². The summed E-state index contributed by atoms with van der Waals surface area (Å²) in [7, 11) is 0. The van der Waals surface area contributed by atoms with Gasteiger partial charge < -0.3 is 0 Å². The minimum absolute atomic E-state index is 0.0587. The standard InChI is InChI=1S/C22H15FN4O3S2/c1-13-21(32-22(24-13)15-2-6-16(23)7-3-15)18-10-11-20(26-25-18)31-12-19(28)14-4-8-17(9-5-14)27(29)30/h2-11H,12H2,1H3. The summed E-state index contributed by atoms with van der Waals surface area (Å²) in [6.07, 6.45) is 0. The molecule has 7 nitrogen and oxygen atoms in total. The van der Waals surface area contributed by atoms with Crippen molar-refractivity contribution in [1.82, 2.24) is 15.2 Å². The molecule has 4 rings (SSSR count). The highest BCUT2D eigenvalue weighted by Gasteiger charge is 2.14. The second kappa shape index (κ2) is 9.33. The minimum Gasteiger partial charge on any atom is -0.293 e. The second-order valence-corrected chi connectivity index (χ2v) is 8.71. The highest BCUT2D eigenvalue weighted by molar-refractivity contribution is 7.99. The topological polar surface area (TPSA) is 98.9 Å². The normalized spacial score (nSPS) is 10.8. The highest BCUT2D eigenvalue weighted by Crippen LogP contribution is 2.34. The number of nitro groups is 1. The summed E-state index contributed by atoms with van der Waals surface area (Å²) in [6.45, 7) is 1.88. The van der Waals surface area contributed by atoms with Crippen molar-refractivity contribution in [3.8, 4) is 21.1 Å². The number of non-ortho nitro benzene ring substituents is 1. The molecule has 0 aliphatic rings. The van der Waals surface area contributed by atoms with Crippen LogP contribution in [0.25, 0.3) is 21.1 Å². The van der Waals surface area contributed by atoms with Gasteiger partial charge in [-0.3, -0.25) is 14.9 Å². The van der Waals surface area contributed by atoms with Gasteiger partial charge in [0.1, 0.15) is 21.5 Å². The molecular formula is C22H15FN4O3S2. The quantitative estimate of drug-likeness (QED) is 0.151. The third-order valence-corrected chi connectivity index (χ3v) is 6.66. The van der Waals surface area contributed by atoms with E-state index < -0.39 is 4.92 Å². The highest BCUT2D eigenvalue weighted by atomic mass is 32.2. The molecule has 0 bridgehead atoms. The van der Waals surface area contributed by atoms with Crippen LogP contribution in [0.3, 0.4) is 0 Å². The number of ketones is 1. The number of aryl methyl sites for hydroxylation is 1. The van der Waals surface area contributed by atoms with Crippen molar-refractivity contribution in [3.63, 3.8) is 0 Å². The van der Waals surface area contributed by atoms with Crippen LogP contribution in [-0.4, -0.2) is 31.6 Å². The summed E-state index contributed by atoms with van der Waals surface area (Å²) in [5.41, 5.74) is 2.64. The lowest BCUT2D eigenvalue weighted by molar-refractivity contribution is -0.384. The Morgan fingerprint density at radius 3 is 2.41 bits per heavy atom. The molecule has 0 fully saturated rings. The van der Waals surface area contributed by atoms with E-state index in [1.54, 1.807) is 18.2 Å². The van der Waals surface area contributed by atoms with Crippen LogP contribution in [0.15, 0.2) is 65.7 Å². The lowest BCUT2D eigenvalue weighted by Gasteiger charge is -2.02. The van der Waals surface area contributed by atoms with Gasteiger partial charge >= 0.3 is 0 Å². The fourth-order valence-corrected chi connectivity index (χ4v) is 4.61. The van der Waals surface area contributed by atoms with E-state index in [2.05, 4.69) is 15.2 Å². The molecule has 0 unspecified atom stereocenters. The lowest BCUT2D eigenvalue weighted by Crippen LogP contribution is -2.03. The number of hydrogen-bond acceptors (Lipinski definition) is 8. The van der Waals surface area contributed by atoms with Gasteiger partial charge in [0.2, 0.25) is 0 Å². The van der Waals surface area contributed by atoms with Crippen molar-refractivity contribution in [2.24, 2.45) is 0 Å². The number of nitrogens with zero attached hydrogens (tertiary/aromatic N) is 4. The summed E-state index contributed by atoms with van der Waals surface area (Å²) < 4.78 is 13.2. The number of Topliss-reactive ketones (excluding diaryl/α,β-unsaturated/α-hetero) is 1. The van der Waals surface area contributed by atoms with Gasteiger partial charge in [0.25, 0.3) is 5.69 Å². The largest absolute Gasteiger partial charge is 0.293 e. The minimum atomic E-state index is -0.506. The van der Waals surface area contributed by atoms with Crippen LogP contribution in [0.4, 0.5) is 10.1 Å². The zero-order valence-electron chi connectivity index (χ0n) is 16.7. The van der Waals surface area contributed by atoms with Crippen molar-refractivity contribution in [3.05, 3.63) is 87.9 Å². The van der Waals surface area contributed by atoms with Crippen molar-refractivity contribution in [2.75, 3.05) is 5.75 Å². The molecule has 160 valence electrons. The Hall–Kier alpha value is -3.50. The number of nitro benzene ring substituents is 1. The number of rotatable bonds is 7. The van der Waals surface area contributed by atoms with Gasteiger partial charge in [-0.15, -0.1) is 21.5 Å². The van der Waals surface area contributed by atoms with Gasteiger partial charge in [-0.25, -0.2) is 9.37 Å². The van der Waals surface area contributed by atoms with E-state index in [-0.39, 0.29) is 23.0 Å². The molecule has 4 aromatic rings. The third-order valence-electron chi connectivity index (χ3n) is 4.51. The van der Waals surface area contributed by atoms with Crippen molar-refractivity contribution >= 4 is 34.6 Å². The Balaban J connectivity index is 1.42. The van der Waals surface area contributed by atoms with E-state index in [9.17, 15) is 19.3 Å². The van der Waals surface area contributed by atoms with Crippen LogP contribution >= 0.6 is 23.1 Å². The summed E-state index contributed by atoms with van der Waals surface area (Å²) in [6, 6.07) is 15.3. The molecule has 2 aromatic carbocycles. The fourth-order valence-electron chi connectivity index (χ4n) is 2.86. The molecule has 0 radical (unpaired) electrons. The average Bonchev–Trinajstić information content (AvgIpc) is 3.20. The summed E-state index contributed by atoms with van der Waals surface area (Å²) in [5, 5.41) is 20.5. The van der Waals surface area contributed by atoms with Crippen molar-refractivity contribution < 1.29 is 14.1 Å². The molecule has 2 aromatic heterocycles. The molecule has 0 spiro atoms. The maximum absolute atomic E-state index is 13.2. The first-order valence-electron chi connectivity index (χ1n) is 9.38. The average molecular weight is 467 g/mol. The number of carbonyl (C=O) groups excluding carboxylic acids is 1. The molecule has 32 heavy (non-hydrogen) atoms. The summed E-state index contributed by atoms with van der Waals surface area (Å²) in [5.74, 6) is -0.313. The van der Waals surface area contributed by atoms with E-state index >= 15 is 0 Å². The van der Waals surface area contributed by atoms with Gasteiger partial charge in [-0.2, -0.15) is 0 Å². The molecule has 0 N–H and O–H groups in total. The van der Waals surface area contributed by atoms with Gasteiger partial charge in [-0.05, 0) is 55.5 Å². The van der Waals surface area contributed by atoms with Crippen LogP contribution < -0.4 is 0 Å². The van der Waals surface area contributed by atoms with Crippen LogP contribution in [0.2, 0.25) is 0 Å². The number of thioether (sulfide) groups is 1. The predicted octanol–water partition coefficient (Wildman–Crippen LogP) is 5.60. The Morgan fingerprint density at radius 2 is 1.78 bits per heavy atom. The number of thiazole rings is 1. The monoisotopic (exact) mass is 466 g/mol. The number of hydrogen-bond donors (Lipinski definition) is 0. The van der Waals surface area contributed by atoms with Crippen LogP contribution in [0, 0.1) is 22.9 Å². The SMILES string of the molecule is Cc1nc(-c2ccc(F)cc2)sc1-c1ccc(SCC(=O)c2ccc([N+](=O)[O-])cc2)nn1. The van der Waals surface area contributed by atoms with E-state index in [1.165, 1.54) is 59.5 Å². The van der Waals surface area contributed by atoms with E-state index in [0.717, 1.165) is 21.1 Å². The first-order chi connectivity index (χ1) is 15.4. The maximum Gasteiger partial charge on any atom is 0.269 e. The zero-order valence-corrected chi connectivity index (χ0v) is 18.3. The predicted molar refractivity (Wildman–Crippen MR) is 121 cm³/mol. The fraction of sp³-hybridized carbons (Fsp3) is 0.0909. The maximum atomic E-state index is 13.2. The van der Waals surface area contributed by atoms with E-state index in [0.29, 0.717) is 16.3 Å². The van der Waals surface area contributed by atoms with Crippen LogP contribution in [0.5, 0.6) is 0 Å². The number of aromatic nitrogens is 3. The molecule has 0 saturated heterocycles. The molecule has 0 amide bonds. The third kappa shape index (κ3) is 4.87. The first-order valence-corrected chi connectivity index (χ1v) is 11.2. The Morgan fingerprint density at radius 1 is 1.06 bits per heavy atom. The Bertz CT molecular complexity index is 1270. The molecule has 0 atom stereocenters. The van der Waals surface area contributed by atoms with Gasteiger partial charge in [0, 0.05) is 23.3 Å². The van der Waals surface area contributed by atoms with Crippen LogP contribution in [0.1, 0.15) is 16.1 Å². The van der Waals surface area contributed by atoms with Crippen molar-refractivity contribution in [2.45, 2.75) is 11.9 Å². The molecule has 2 heterocycles. The number of benzene rings is 2. The summed E-state index contributed by atoms with van der Waals surface area (Å²) >= 11 is 2.69. The first kappa shape index (κ1) is 21.7. The van der Waals surface area contributed by atoms with Gasteiger partial charge in [0.15, 0.2) is 5.78 Å². The molecule has 0 aliphatic heterocycles. The van der Waals surface area contributed by atoms with Crippen molar-refractivity contribution in [1.29, 1.82) is 0 Å². The number of carbonyl (C=O) groups is 1. The van der Waals surface area contributed by atoms with Gasteiger partial charge in [-0.1, -0.05) is 11.8 Å². The Labute approximate surface area is 190 Å².